The molecule has 1 heterocycles. The predicted octanol–water partition coefficient (Wildman–Crippen LogP) is 16.0. The first kappa shape index (κ1) is 34.8. The maximum absolute atomic E-state index is 6.59. The van der Waals surface area contributed by atoms with Crippen LogP contribution in [0.4, 0.5) is 17.1 Å². The van der Waals surface area contributed by atoms with Crippen molar-refractivity contribution in [3.8, 4) is 55.6 Å². The van der Waals surface area contributed by atoms with Gasteiger partial charge in [-0.1, -0.05) is 190 Å². The molecule has 0 spiro atoms. The Morgan fingerprint density at radius 1 is 0.356 bits per heavy atom. The summed E-state index contributed by atoms with van der Waals surface area (Å²) in [6.07, 6.45) is 0. The molecular formula is C57H41NO. The molecule has 0 fully saturated rings. The average Bonchev–Trinajstić information content (AvgIpc) is 3.79. The summed E-state index contributed by atoms with van der Waals surface area (Å²) in [5.41, 5.74) is 19.5. The number of hydrogen-bond donors (Lipinski definition) is 0. The zero-order valence-corrected chi connectivity index (χ0v) is 33.1. The summed E-state index contributed by atoms with van der Waals surface area (Å²) in [6, 6.07) is 77.0. The van der Waals surface area contributed by atoms with Gasteiger partial charge in [-0.25, -0.2) is 0 Å². The number of hydrogen-bond acceptors (Lipinski definition) is 2. The third-order valence-corrected chi connectivity index (χ3v) is 12.3. The van der Waals surface area contributed by atoms with Gasteiger partial charge in [-0.3, -0.25) is 0 Å². The highest BCUT2D eigenvalue weighted by Gasteiger charge is 2.35. The van der Waals surface area contributed by atoms with Crippen molar-refractivity contribution in [3.63, 3.8) is 0 Å². The fraction of sp³-hybridized carbons (Fsp3) is 0.0526. The summed E-state index contributed by atoms with van der Waals surface area (Å²) < 4.78 is 6.59. The van der Waals surface area contributed by atoms with E-state index >= 15 is 0 Å². The van der Waals surface area contributed by atoms with Crippen LogP contribution in [0.25, 0.3) is 77.6 Å². The molecule has 9 aromatic carbocycles. The minimum atomic E-state index is -0.0765. The van der Waals surface area contributed by atoms with E-state index in [9.17, 15) is 0 Å². The van der Waals surface area contributed by atoms with Crippen molar-refractivity contribution in [1.82, 2.24) is 0 Å². The van der Waals surface area contributed by atoms with Crippen molar-refractivity contribution < 1.29 is 4.42 Å². The fourth-order valence-electron chi connectivity index (χ4n) is 9.57. The molecule has 0 unspecified atom stereocenters. The zero-order chi connectivity index (χ0) is 39.5. The molecule has 0 radical (unpaired) electrons. The van der Waals surface area contributed by atoms with Crippen molar-refractivity contribution in [2.45, 2.75) is 19.3 Å². The first-order chi connectivity index (χ1) is 29.1. The monoisotopic (exact) mass is 755 g/mol. The SMILES string of the molecule is CC1(C)c2ccccc2-c2cc(-c3ccccc3N(c3cccc(-c4ccccc4)c3-c3ccccc3-c3ccccc3)c3cccc4oc5ccccc5c34)ccc21. The van der Waals surface area contributed by atoms with E-state index in [0.29, 0.717) is 0 Å². The largest absolute Gasteiger partial charge is 0.456 e. The first-order valence-corrected chi connectivity index (χ1v) is 20.4. The smallest absolute Gasteiger partial charge is 0.137 e. The quantitative estimate of drug-likeness (QED) is 0.161. The van der Waals surface area contributed by atoms with Crippen molar-refractivity contribution in [2.24, 2.45) is 0 Å². The van der Waals surface area contributed by atoms with Crippen LogP contribution in [0.1, 0.15) is 25.0 Å². The molecule has 1 aliphatic rings. The van der Waals surface area contributed by atoms with Gasteiger partial charge in [0.15, 0.2) is 0 Å². The Balaban J connectivity index is 1.24. The molecule has 0 bridgehead atoms. The summed E-state index contributed by atoms with van der Waals surface area (Å²) in [6.45, 7) is 4.69. The molecule has 280 valence electrons. The number of nitrogens with zero attached hydrogens (tertiary/aromatic N) is 1. The number of benzene rings is 9. The second-order valence-corrected chi connectivity index (χ2v) is 16.0. The Hall–Kier alpha value is -7.42. The third-order valence-electron chi connectivity index (χ3n) is 12.3. The van der Waals surface area contributed by atoms with Gasteiger partial charge in [-0.05, 0) is 92.0 Å². The van der Waals surface area contributed by atoms with Crippen LogP contribution in [-0.2, 0) is 5.41 Å². The Labute approximate surface area is 345 Å². The second kappa shape index (κ2) is 13.9. The van der Waals surface area contributed by atoms with Crippen molar-refractivity contribution in [3.05, 3.63) is 223 Å². The molecule has 0 amide bonds. The van der Waals surface area contributed by atoms with E-state index in [1.807, 2.05) is 6.07 Å². The van der Waals surface area contributed by atoms with Gasteiger partial charge in [0.1, 0.15) is 11.2 Å². The summed E-state index contributed by atoms with van der Waals surface area (Å²) in [5.74, 6) is 0. The van der Waals surface area contributed by atoms with Gasteiger partial charge in [0.2, 0.25) is 0 Å². The maximum atomic E-state index is 6.59. The molecule has 0 saturated carbocycles. The van der Waals surface area contributed by atoms with E-state index in [0.717, 1.165) is 66.8 Å². The van der Waals surface area contributed by atoms with Crippen LogP contribution in [-0.4, -0.2) is 0 Å². The van der Waals surface area contributed by atoms with Crippen molar-refractivity contribution in [2.75, 3.05) is 4.90 Å². The maximum Gasteiger partial charge on any atom is 0.137 e. The Morgan fingerprint density at radius 3 is 1.69 bits per heavy atom. The van der Waals surface area contributed by atoms with Gasteiger partial charge in [-0.15, -0.1) is 0 Å². The van der Waals surface area contributed by atoms with Gasteiger partial charge in [0.05, 0.1) is 22.4 Å². The lowest BCUT2D eigenvalue weighted by Crippen LogP contribution is -2.15. The Bertz CT molecular complexity index is 3190. The van der Waals surface area contributed by atoms with E-state index in [2.05, 4.69) is 225 Å². The van der Waals surface area contributed by atoms with Gasteiger partial charge in [0.25, 0.3) is 0 Å². The zero-order valence-electron chi connectivity index (χ0n) is 33.1. The molecule has 1 aromatic heterocycles. The lowest BCUT2D eigenvalue weighted by Gasteiger charge is -2.32. The molecule has 0 N–H and O–H groups in total. The lowest BCUT2D eigenvalue weighted by atomic mass is 9.82. The van der Waals surface area contributed by atoms with Crippen LogP contribution < -0.4 is 4.90 Å². The number of rotatable bonds is 7. The molecule has 59 heavy (non-hydrogen) atoms. The van der Waals surface area contributed by atoms with Crippen LogP contribution in [0.3, 0.4) is 0 Å². The minimum absolute atomic E-state index is 0.0765. The number of fused-ring (bicyclic) bond motifs is 6. The van der Waals surface area contributed by atoms with E-state index in [-0.39, 0.29) is 5.41 Å². The Kier molecular flexibility index (Phi) is 8.20. The van der Waals surface area contributed by atoms with E-state index in [1.54, 1.807) is 0 Å². The normalized spacial score (nSPS) is 12.7. The first-order valence-electron chi connectivity index (χ1n) is 20.4. The van der Waals surface area contributed by atoms with Gasteiger partial charge in [-0.2, -0.15) is 0 Å². The highest BCUT2D eigenvalue weighted by atomic mass is 16.3. The molecule has 0 saturated heterocycles. The molecule has 0 aliphatic heterocycles. The van der Waals surface area contributed by atoms with Crippen LogP contribution in [0, 0.1) is 0 Å². The van der Waals surface area contributed by atoms with Crippen LogP contribution in [0.15, 0.2) is 217 Å². The average molecular weight is 756 g/mol. The summed E-state index contributed by atoms with van der Waals surface area (Å²) >= 11 is 0. The number of anilines is 3. The van der Waals surface area contributed by atoms with Crippen molar-refractivity contribution >= 4 is 39.0 Å². The summed E-state index contributed by atoms with van der Waals surface area (Å²) in [7, 11) is 0. The van der Waals surface area contributed by atoms with Gasteiger partial charge >= 0.3 is 0 Å². The molecule has 2 nitrogen and oxygen atoms in total. The fourth-order valence-corrected chi connectivity index (χ4v) is 9.57. The number of para-hydroxylation sites is 2. The highest BCUT2D eigenvalue weighted by Crippen LogP contribution is 2.54. The summed E-state index contributed by atoms with van der Waals surface area (Å²) in [5, 5.41) is 2.16. The van der Waals surface area contributed by atoms with E-state index in [1.165, 1.54) is 38.9 Å². The van der Waals surface area contributed by atoms with Crippen molar-refractivity contribution in [1.29, 1.82) is 0 Å². The van der Waals surface area contributed by atoms with Crippen LogP contribution in [0.5, 0.6) is 0 Å². The van der Waals surface area contributed by atoms with E-state index < -0.39 is 0 Å². The topological polar surface area (TPSA) is 16.4 Å². The second-order valence-electron chi connectivity index (χ2n) is 16.0. The van der Waals surface area contributed by atoms with Gasteiger partial charge < -0.3 is 9.32 Å². The number of furan rings is 1. The van der Waals surface area contributed by atoms with Crippen LogP contribution in [0.2, 0.25) is 0 Å². The molecule has 1 aliphatic carbocycles. The third kappa shape index (κ3) is 5.63. The minimum Gasteiger partial charge on any atom is -0.456 e. The van der Waals surface area contributed by atoms with E-state index in [4.69, 9.17) is 4.42 Å². The molecule has 11 rings (SSSR count). The molecular weight excluding hydrogens is 715 g/mol. The molecule has 10 aromatic rings. The predicted molar refractivity (Wildman–Crippen MR) is 248 cm³/mol. The standard InChI is InChI=1S/C57H41NO/c1-57(2)48-29-14-11-25-44(48)47-37-40(35-36-49(47)57)42-24-12-15-30-50(42)58(52-32-18-34-54-56(52)46-27-13-16-33-53(46)59-54)51-31-17-28-43(39-21-7-4-8-22-39)55(51)45-26-10-9-23-41(45)38-19-5-3-6-20-38/h3-37H,1-2H3. The lowest BCUT2D eigenvalue weighted by molar-refractivity contribution is 0.660. The summed E-state index contributed by atoms with van der Waals surface area (Å²) in [4.78, 5) is 2.49. The van der Waals surface area contributed by atoms with Crippen LogP contribution >= 0.6 is 0 Å². The molecule has 0 atom stereocenters. The highest BCUT2D eigenvalue weighted by molar-refractivity contribution is 6.15. The Morgan fingerprint density at radius 2 is 0.898 bits per heavy atom. The van der Waals surface area contributed by atoms with Gasteiger partial charge in [0, 0.05) is 21.9 Å². The molecule has 2 heteroatoms.